The smallest absolute Gasteiger partial charge is 0.292 e. The van der Waals surface area contributed by atoms with E-state index in [-0.39, 0.29) is 5.91 Å². The number of aryl methyl sites for hydroxylation is 1. The first-order valence-corrected chi connectivity index (χ1v) is 9.50. The normalized spacial score (nSPS) is 17.5. The average Bonchev–Trinajstić information content (AvgIpc) is 3.29. The SMILES string of the molecule is Cc1ccc2c(c1)C1(OCCO1)C(=O)N2CCOc1ccc2ccccc2c1. The Balaban J connectivity index is 1.36. The summed E-state index contributed by atoms with van der Waals surface area (Å²) in [5.74, 6) is -0.671. The van der Waals surface area contributed by atoms with Crippen LogP contribution in [0, 0.1) is 6.92 Å². The highest BCUT2D eigenvalue weighted by Crippen LogP contribution is 2.45. The second-order valence-corrected chi connectivity index (χ2v) is 7.15. The van der Waals surface area contributed by atoms with Crippen molar-refractivity contribution >= 4 is 22.4 Å². The Morgan fingerprint density at radius 1 is 1.00 bits per heavy atom. The van der Waals surface area contributed by atoms with Crippen molar-refractivity contribution in [3.05, 3.63) is 71.8 Å². The van der Waals surface area contributed by atoms with E-state index < -0.39 is 5.79 Å². The van der Waals surface area contributed by atoms with Crippen molar-refractivity contribution < 1.29 is 19.0 Å². The minimum atomic E-state index is -1.29. The number of rotatable bonds is 4. The van der Waals surface area contributed by atoms with Crippen LogP contribution in [0.3, 0.4) is 0 Å². The number of amides is 1. The molecule has 0 saturated carbocycles. The van der Waals surface area contributed by atoms with Crippen LogP contribution in [0.15, 0.2) is 60.7 Å². The number of hydrogen-bond donors (Lipinski definition) is 0. The molecule has 5 nitrogen and oxygen atoms in total. The molecule has 0 atom stereocenters. The topological polar surface area (TPSA) is 48.0 Å². The van der Waals surface area contributed by atoms with Crippen LogP contribution in [0.4, 0.5) is 5.69 Å². The summed E-state index contributed by atoms with van der Waals surface area (Å²) in [5, 5.41) is 2.30. The second-order valence-electron chi connectivity index (χ2n) is 7.15. The summed E-state index contributed by atoms with van der Waals surface area (Å²) in [6.07, 6.45) is 0. The maximum atomic E-state index is 13.1. The van der Waals surface area contributed by atoms with Gasteiger partial charge >= 0.3 is 0 Å². The van der Waals surface area contributed by atoms with E-state index in [9.17, 15) is 4.79 Å². The van der Waals surface area contributed by atoms with Crippen molar-refractivity contribution in [3.8, 4) is 5.75 Å². The molecule has 28 heavy (non-hydrogen) atoms. The van der Waals surface area contributed by atoms with Crippen LogP contribution < -0.4 is 9.64 Å². The standard InChI is InChI=1S/C23H21NO4/c1-16-6-9-21-20(14-16)23(27-12-13-28-23)22(25)24(21)10-11-26-19-8-7-17-4-2-3-5-18(17)15-19/h2-9,14-15H,10-13H2,1H3. The third kappa shape index (κ3) is 2.66. The number of carbonyl (C=O) groups is 1. The summed E-state index contributed by atoms with van der Waals surface area (Å²) in [5.41, 5.74) is 2.69. The van der Waals surface area contributed by atoms with Crippen LogP contribution in [0.25, 0.3) is 10.8 Å². The van der Waals surface area contributed by atoms with Crippen LogP contribution in [0.5, 0.6) is 5.75 Å². The van der Waals surface area contributed by atoms with Gasteiger partial charge in [0.05, 0.1) is 25.4 Å². The summed E-state index contributed by atoms with van der Waals surface area (Å²) < 4.78 is 17.5. The highest BCUT2D eigenvalue weighted by molar-refractivity contribution is 6.06. The van der Waals surface area contributed by atoms with E-state index in [0.717, 1.165) is 28.0 Å². The number of nitrogens with zero attached hydrogens (tertiary/aromatic N) is 1. The zero-order valence-corrected chi connectivity index (χ0v) is 15.7. The van der Waals surface area contributed by atoms with Crippen molar-refractivity contribution in [2.75, 3.05) is 31.3 Å². The number of carbonyl (C=O) groups excluding carboxylic acids is 1. The Hall–Kier alpha value is -2.89. The van der Waals surface area contributed by atoms with Crippen molar-refractivity contribution in [2.24, 2.45) is 0 Å². The Morgan fingerprint density at radius 3 is 2.61 bits per heavy atom. The van der Waals surface area contributed by atoms with Crippen LogP contribution in [-0.4, -0.2) is 32.3 Å². The van der Waals surface area contributed by atoms with Crippen LogP contribution >= 0.6 is 0 Å². The number of benzene rings is 3. The lowest BCUT2D eigenvalue weighted by molar-refractivity contribution is -0.180. The predicted molar refractivity (Wildman–Crippen MR) is 107 cm³/mol. The van der Waals surface area contributed by atoms with E-state index in [0.29, 0.717) is 26.4 Å². The molecule has 2 aliphatic heterocycles. The molecule has 142 valence electrons. The Labute approximate surface area is 163 Å². The van der Waals surface area contributed by atoms with Crippen LogP contribution in [-0.2, 0) is 20.1 Å². The molecule has 0 N–H and O–H groups in total. The molecule has 0 bridgehead atoms. The molecule has 1 saturated heterocycles. The van der Waals surface area contributed by atoms with Gasteiger partial charge in [-0.25, -0.2) is 0 Å². The van der Waals surface area contributed by atoms with Crippen molar-refractivity contribution in [2.45, 2.75) is 12.7 Å². The van der Waals surface area contributed by atoms with E-state index in [1.54, 1.807) is 4.90 Å². The first kappa shape index (κ1) is 17.2. The second kappa shape index (κ2) is 6.62. The lowest BCUT2D eigenvalue weighted by atomic mass is 10.0. The molecule has 5 heteroatoms. The Kier molecular flexibility index (Phi) is 4.07. The third-order valence-corrected chi connectivity index (χ3v) is 5.32. The minimum Gasteiger partial charge on any atom is -0.492 e. The van der Waals surface area contributed by atoms with Gasteiger partial charge in [0.25, 0.3) is 11.7 Å². The number of ether oxygens (including phenoxy) is 3. The van der Waals surface area contributed by atoms with E-state index in [2.05, 4.69) is 12.1 Å². The zero-order valence-electron chi connectivity index (χ0n) is 15.7. The molecular weight excluding hydrogens is 354 g/mol. The van der Waals surface area contributed by atoms with Gasteiger partial charge in [0.15, 0.2) is 0 Å². The molecular formula is C23H21NO4. The van der Waals surface area contributed by atoms with Crippen molar-refractivity contribution in [1.29, 1.82) is 0 Å². The number of hydrogen-bond acceptors (Lipinski definition) is 4. The Bertz CT molecular complexity index is 1060. The molecule has 3 aromatic rings. The molecule has 5 rings (SSSR count). The van der Waals surface area contributed by atoms with E-state index in [1.807, 2.05) is 55.5 Å². The fourth-order valence-corrected chi connectivity index (χ4v) is 3.98. The van der Waals surface area contributed by atoms with E-state index in [4.69, 9.17) is 14.2 Å². The quantitative estimate of drug-likeness (QED) is 0.696. The molecule has 1 fully saturated rings. The van der Waals surface area contributed by atoms with Gasteiger partial charge in [-0.15, -0.1) is 0 Å². The van der Waals surface area contributed by atoms with Gasteiger partial charge < -0.3 is 19.1 Å². The highest BCUT2D eigenvalue weighted by atomic mass is 16.7. The van der Waals surface area contributed by atoms with Crippen LogP contribution in [0.2, 0.25) is 0 Å². The fraction of sp³-hybridized carbons (Fsp3) is 0.261. The molecule has 1 amide bonds. The monoisotopic (exact) mass is 375 g/mol. The van der Waals surface area contributed by atoms with Gasteiger partial charge in [-0.05, 0) is 42.0 Å². The van der Waals surface area contributed by atoms with E-state index >= 15 is 0 Å². The average molecular weight is 375 g/mol. The molecule has 0 unspecified atom stereocenters. The Morgan fingerprint density at radius 2 is 1.79 bits per heavy atom. The maximum Gasteiger partial charge on any atom is 0.292 e. The fourth-order valence-electron chi connectivity index (χ4n) is 3.98. The van der Waals surface area contributed by atoms with Crippen molar-refractivity contribution in [3.63, 3.8) is 0 Å². The largest absolute Gasteiger partial charge is 0.492 e. The van der Waals surface area contributed by atoms with Crippen molar-refractivity contribution in [1.82, 2.24) is 0 Å². The van der Waals surface area contributed by atoms with Gasteiger partial charge in [-0.3, -0.25) is 4.79 Å². The first-order valence-electron chi connectivity index (χ1n) is 9.50. The summed E-state index contributed by atoms with van der Waals surface area (Å²) in [6.45, 7) is 3.64. The molecule has 2 aliphatic rings. The molecule has 1 spiro atoms. The molecule has 2 heterocycles. The molecule has 0 radical (unpaired) electrons. The minimum absolute atomic E-state index is 0.173. The summed E-state index contributed by atoms with van der Waals surface area (Å²) in [7, 11) is 0. The van der Waals surface area contributed by atoms with Gasteiger partial charge in [0, 0.05) is 5.56 Å². The number of fused-ring (bicyclic) bond motifs is 3. The lowest BCUT2D eigenvalue weighted by Crippen LogP contribution is -2.42. The summed E-state index contributed by atoms with van der Waals surface area (Å²) in [4.78, 5) is 14.8. The molecule has 0 aromatic heterocycles. The van der Waals surface area contributed by atoms with Gasteiger partial charge in [-0.2, -0.15) is 0 Å². The van der Waals surface area contributed by atoms with Gasteiger partial charge in [0.1, 0.15) is 12.4 Å². The van der Waals surface area contributed by atoms with E-state index in [1.165, 1.54) is 5.39 Å². The first-order chi connectivity index (χ1) is 13.7. The number of anilines is 1. The molecule has 3 aromatic carbocycles. The zero-order chi connectivity index (χ0) is 19.1. The predicted octanol–water partition coefficient (Wildman–Crippen LogP) is 3.77. The maximum absolute atomic E-state index is 13.1. The van der Waals surface area contributed by atoms with Crippen LogP contribution in [0.1, 0.15) is 11.1 Å². The highest BCUT2D eigenvalue weighted by Gasteiger charge is 2.55. The lowest BCUT2D eigenvalue weighted by Gasteiger charge is -2.22. The summed E-state index contributed by atoms with van der Waals surface area (Å²) >= 11 is 0. The van der Waals surface area contributed by atoms with Gasteiger partial charge in [-0.1, -0.05) is 42.0 Å². The summed E-state index contributed by atoms with van der Waals surface area (Å²) in [6, 6.07) is 20.1. The van der Waals surface area contributed by atoms with Gasteiger partial charge in [0.2, 0.25) is 0 Å². The third-order valence-electron chi connectivity index (χ3n) is 5.32. The molecule has 0 aliphatic carbocycles.